The second-order valence-corrected chi connectivity index (χ2v) is 3.04. The summed E-state index contributed by atoms with van der Waals surface area (Å²) in [6, 6.07) is 4.38. The highest BCUT2D eigenvalue weighted by atomic mass is 35.5. The van der Waals surface area contributed by atoms with Crippen molar-refractivity contribution in [1.29, 1.82) is 5.41 Å². The molecule has 0 aliphatic heterocycles. The van der Waals surface area contributed by atoms with Crippen LogP contribution in [0.15, 0.2) is 23.2 Å². The lowest BCUT2D eigenvalue weighted by Crippen LogP contribution is -2.13. The van der Waals surface area contributed by atoms with Crippen LogP contribution in [0.4, 0.5) is 4.39 Å². The van der Waals surface area contributed by atoms with E-state index in [2.05, 4.69) is 4.99 Å². The third-order valence-electron chi connectivity index (χ3n) is 1.48. The highest BCUT2D eigenvalue weighted by Gasteiger charge is 2.02. The van der Waals surface area contributed by atoms with Gasteiger partial charge in [0.2, 0.25) is 0 Å². The molecule has 0 unspecified atom stereocenters. The summed E-state index contributed by atoms with van der Waals surface area (Å²) in [6.07, 6.45) is 1.28. The molecule has 74 valence electrons. The van der Waals surface area contributed by atoms with Gasteiger partial charge >= 0.3 is 0 Å². The van der Waals surface area contributed by atoms with E-state index in [1.807, 2.05) is 0 Å². The molecule has 0 heterocycles. The lowest BCUT2D eigenvalue weighted by molar-refractivity contribution is 0.626. The number of nitrogens with one attached hydrogen (secondary N) is 1. The number of rotatable bonds is 3. The molecule has 0 radical (unpaired) electrons. The third kappa shape index (κ3) is 2.81. The second kappa shape index (κ2) is 4.72. The van der Waals surface area contributed by atoms with Gasteiger partial charge in [-0.25, -0.2) is 4.39 Å². The highest BCUT2D eigenvalue weighted by Crippen LogP contribution is 2.16. The van der Waals surface area contributed by atoms with E-state index in [0.717, 1.165) is 0 Å². The Morgan fingerprint density at radius 1 is 1.64 bits per heavy atom. The molecule has 3 nitrogen and oxygen atoms in total. The summed E-state index contributed by atoms with van der Waals surface area (Å²) in [5.74, 6) is -0.515. The van der Waals surface area contributed by atoms with Crippen LogP contribution in [0.3, 0.4) is 0 Å². The van der Waals surface area contributed by atoms with Gasteiger partial charge in [0.05, 0.1) is 11.6 Å². The van der Waals surface area contributed by atoms with E-state index in [1.165, 1.54) is 18.3 Å². The molecule has 0 fully saturated rings. The second-order valence-electron chi connectivity index (χ2n) is 2.63. The monoisotopic (exact) mass is 213 g/mol. The van der Waals surface area contributed by atoms with E-state index in [-0.39, 0.29) is 23.0 Å². The summed E-state index contributed by atoms with van der Waals surface area (Å²) in [5.41, 5.74) is 5.29. The summed E-state index contributed by atoms with van der Waals surface area (Å²) in [7, 11) is 0. The molecule has 0 bridgehead atoms. The molecule has 1 aromatic rings. The average Bonchev–Trinajstić information content (AvgIpc) is 2.09. The number of nitrogens with two attached hydrogens (primary N) is 1. The lowest BCUT2D eigenvalue weighted by atomic mass is 10.2. The Labute approximate surface area is 85.9 Å². The van der Waals surface area contributed by atoms with Crippen LogP contribution in [0, 0.1) is 11.2 Å². The fraction of sp³-hybridized carbons (Fsp3) is 0.111. The topological polar surface area (TPSA) is 62.2 Å². The van der Waals surface area contributed by atoms with Crippen molar-refractivity contribution in [2.75, 3.05) is 6.54 Å². The van der Waals surface area contributed by atoms with Crippen LogP contribution in [0.1, 0.15) is 5.56 Å². The number of benzene rings is 1. The van der Waals surface area contributed by atoms with Gasteiger partial charge < -0.3 is 5.73 Å². The first-order valence-corrected chi connectivity index (χ1v) is 4.26. The molecule has 5 heteroatoms. The fourth-order valence-corrected chi connectivity index (χ4v) is 1.08. The van der Waals surface area contributed by atoms with Gasteiger partial charge in [-0.3, -0.25) is 10.4 Å². The van der Waals surface area contributed by atoms with Crippen molar-refractivity contribution in [1.82, 2.24) is 0 Å². The normalized spacial score (nSPS) is 10.7. The maximum Gasteiger partial charge on any atom is 0.133 e. The van der Waals surface area contributed by atoms with Crippen molar-refractivity contribution < 1.29 is 4.39 Å². The van der Waals surface area contributed by atoms with Crippen LogP contribution in [0.5, 0.6) is 0 Å². The number of hydrogen-bond acceptors (Lipinski definition) is 2. The molecular weight excluding hydrogens is 205 g/mol. The fourth-order valence-electron chi connectivity index (χ4n) is 0.869. The number of halogens is 2. The minimum Gasteiger partial charge on any atom is -0.386 e. The zero-order valence-corrected chi connectivity index (χ0v) is 8.05. The summed E-state index contributed by atoms with van der Waals surface area (Å²) in [4.78, 5) is 3.76. The molecule has 0 saturated heterocycles. The Hall–Kier alpha value is -1.42. The van der Waals surface area contributed by atoms with Gasteiger partial charge in [0, 0.05) is 11.8 Å². The standard InChI is InChI=1S/C9H9ClFN3/c10-7-2-1-3-8(11)6(7)4-14-5-9(12)13/h1-4H,5H2,(H3,12,13). The third-order valence-corrected chi connectivity index (χ3v) is 1.81. The van der Waals surface area contributed by atoms with Gasteiger partial charge in [0.15, 0.2) is 0 Å². The van der Waals surface area contributed by atoms with Crippen LogP contribution in [-0.4, -0.2) is 18.6 Å². The zero-order valence-electron chi connectivity index (χ0n) is 7.30. The molecule has 0 saturated carbocycles. The summed E-state index contributed by atoms with van der Waals surface area (Å²) in [6.45, 7) is 0.0463. The molecule has 0 aromatic heterocycles. The zero-order chi connectivity index (χ0) is 10.6. The van der Waals surface area contributed by atoms with Crippen LogP contribution < -0.4 is 5.73 Å². The maximum atomic E-state index is 13.1. The first-order valence-electron chi connectivity index (χ1n) is 3.88. The van der Waals surface area contributed by atoms with E-state index >= 15 is 0 Å². The SMILES string of the molecule is N=C(N)CN=Cc1c(F)cccc1Cl. The van der Waals surface area contributed by atoms with Crippen molar-refractivity contribution >= 4 is 23.7 Å². The summed E-state index contributed by atoms with van der Waals surface area (Å²) in [5, 5.41) is 7.19. The van der Waals surface area contributed by atoms with Gasteiger partial charge in [-0.15, -0.1) is 0 Å². The minimum absolute atomic E-state index is 0.0463. The smallest absolute Gasteiger partial charge is 0.133 e. The molecule has 0 aliphatic rings. The van der Waals surface area contributed by atoms with Gasteiger partial charge in [-0.2, -0.15) is 0 Å². The average molecular weight is 214 g/mol. The molecule has 1 rings (SSSR count). The van der Waals surface area contributed by atoms with Crippen molar-refractivity contribution in [2.24, 2.45) is 10.7 Å². The van der Waals surface area contributed by atoms with Crippen molar-refractivity contribution in [3.63, 3.8) is 0 Å². The van der Waals surface area contributed by atoms with Crippen molar-refractivity contribution in [3.05, 3.63) is 34.6 Å². The molecule has 0 spiro atoms. The number of hydrogen-bond donors (Lipinski definition) is 2. The van der Waals surface area contributed by atoms with E-state index < -0.39 is 5.82 Å². The first-order chi connectivity index (χ1) is 6.61. The molecule has 0 aliphatic carbocycles. The Bertz CT molecular complexity index is 356. The van der Waals surface area contributed by atoms with Gasteiger partial charge in [0.25, 0.3) is 0 Å². The van der Waals surface area contributed by atoms with Crippen LogP contribution in [0.25, 0.3) is 0 Å². The van der Waals surface area contributed by atoms with E-state index in [4.69, 9.17) is 22.7 Å². The number of nitrogens with zero attached hydrogens (tertiary/aromatic N) is 1. The molecule has 3 N–H and O–H groups in total. The van der Waals surface area contributed by atoms with E-state index in [0.29, 0.717) is 0 Å². The predicted molar refractivity (Wildman–Crippen MR) is 55.8 cm³/mol. The van der Waals surface area contributed by atoms with E-state index in [9.17, 15) is 4.39 Å². The molecule has 14 heavy (non-hydrogen) atoms. The molecule has 1 aromatic carbocycles. The Kier molecular flexibility index (Phi) is 3.59. The van der Waals surface area contributed by atoms with E-state index in [1.54, 1.807) is 6.07 Å². The van der Waals surface area contributed by atoms with Crippen LogP contribution >= 0.6 is 11.6 Å². The Morgan fingerprint density at radius 2 is 2.36 bits per heavy atom. The number of aliphatic imine (C=N–C) groups is 1. The van der Waals surface area contributed by atoms with Crippen LogP contribution in [-0.2, 0) is 0 Å². The number of amidine groups is 1. The largest absolute Gasteiger partial charge is 0.386 e. The molecule has 0 amide bonds. The minimum atomic E-state index is -0.440. The van der Waals surface area contributed by atoms with Gasteiger partial charge in [-0.1, -0.05) is 17.7 Å². The maximum absolute atomic E-state index is 13.1. The van der Waals surface area contributed by atoms with Gasteiger partial charge in [0.1, 0.15) is 11.7 Å². The summed E-state index contributed by atoms with van der Waals surface area (Å²) >= 11 is 5.73. The Balaban J connectivity index is 2.85. The lowest BCUT2D eigenvalue weighted by Gasteiger charge is -1.98. The van der Waals surface area contributed by atoms with Crippen molar-refractivity contribution in [3.8, 4) is 0 Å². The first kappa shape index (κ1) is 10.7. The predicted octanol–water partition coefficient (Wildman–Crippen LogP) is 1.83. The molecule has 0 atom stereocenters. The molecular formula is C9H9ClFN3. The summed E-state index contributed by atoms with van der Waals surface area (Å²) < 4.78 is 13.1. The van der Waals surface area contributed by atoms with Crippen LogP contribution in [0.2, 0.25) is 5.02 Å². The highest BCUT2D eigenvalue weighted by molar-refractivity contribution is 6.33. The quantitative estimate of drug-likeness (QED) is 0.584. The van der Waals surface area contributed by atoms with Crippen molar-refractivity contribution in [2.45, 2.75) is 0 Å². The van der Waals surface area contributed by atoms with Gasteiger partial charge in [-0.05, 0) is 12.1 Å². The Morgan fingerprint density at radius 3 is 2.93 bits per heavy atom.